The quantitative estimate of drug-likeness (QED) is 0.347. The molecule has 0 radical (unpaired) electrons. The second kappa shape index (κ2) is 14.1. The highest BCUT2D eigenvalue weighted by Crippen LogP contribution is 2.19. The Balaban J connectivity index is 0.000000225. The zero-order chi connectivity index (χ0) is 24.3. The SMILES string of the molecule is Brc1ccc(Br)nc1.O=C(O)C(F)(F)F.OC1CN(c2ccc(Br)cn2)C1.OC1CNC1. The number of β-amino-alcohol motifs (C(OH)–C–C–N with tert-alkyl or cyclic N) is 2. The van der Waals surface area contributed by atoms with Crippen LogP contribution >= 0.6 is 47.8 Å². The molecule has 14 heteroatoms. The summed E-state index contributed by atoms with van der Waals surface area (Å²) in [7, 11) is 0. The number of hydrogen-bond acceptors (Lipinski definition) is 7. The Hall–Kier alpha value is -1.32. The average molecular weight is 653 g/mol. The first-order chi connectivity index (χ1) is 14.9. The van der Waals surface area contributed by atoms with Gasteiger partial charge in [-0.3, -0.25) is 0 Å². The first kappa shape index (κ1) is 28.7. The summed E-state index contributed by atoms with van der Waals surface area (Å²) in [5, 5.41) is 27.5. The van der Waals surface area contributed by atoms with Crippen LogP contribution in [0.2, 0.25) is 0 Å². The smallest absolute Gasteiger partial charge is 0.475 e. The third kappa shape index (κ3) is 12.1. The third-order valence-electron chi connectivity index (χ3n) is 3.59. The van der Waals surface area contributed by atoms with Crippen LogP contribution in [0.1, 0.15) is 0 Å². The highest BCUT2D eigenvalue weighted by Gasteiger charge is 2.38. The van der Waals surface area contributed by atoms with Gasteiger partial charge >= 0.3 is 12.1 Å². The van der Waals surface area contributed by atoms with Crippen molar-refractivity contribution in [2.75, 3.05) is 31.1 Å². The van der Waals surface area contributed by atoms with Crippen LogP contribution in [-0.4, -0.2) is 75.8 Å². The molecule has 2 aliphatic heterocycles. The Labute approximate surface area is 207 Å². The lowest BCUT2D eigenvalue weighted by molar-refractivity contribution is -0.192. The van der Waals surface area contributed by atoms with E-state index in [2.05, 4.69) is 63.1 Å². The number of rotatable bonds is 1. The van der Waals surface area contributed by atoms with Crippen molar-refractivity contribution in [3.8, 4) is 0 Å². The molecule has 0 aromatic carbocycles. The van der Waals surface area contributed by atoms with Crippen LogP contribution in [-0.2, 0) is 4.79 Å². The minimum atomic E-state index is -5.08. The summed E-state index contributed by atoms with van der Waals surface area (Å²) >= 11 is 9.79. The van der Waals surface area contributed by atoms with Gasteiger partial charge < -0.3 is 25.5 Å². The number of nitrogens with one attached hydrogen (secondary N) is 1. The predicted octanol–water partition coefficient (Wildman–Crippen LogP) is 3.22. The molecule has 4 heterocycles. The highest BCUT2D eigenvalue weighted by molar-refractivity contribution is 9.11. The van der Waals surface area contributed by atoms with Crippen molar-refractivity contribution in [2.45, 2.75) is 18.4 Å². The maximum Gasteiger partial charge on any atom is 0.490 e. The first-order valence-electron chi connectivity index (χ1n) is 8.89. The molecule has 0 spiro atoms. The number of aliphatic carboxylic acids is 1. The van der Waals surface area contributed by atoms with Gasteiger partial charge in [-0.2, -0.15) is 13.2 Å². The van der Waals surface area contributed by atoms with Crippen molar-refractivity contribution in [3.63, 3.8) is 0 Å². The molecule has 4 rings (SSSR count). The van der Waals surface area contributed by atoms with E-state index in [0.29, 0.717) is 13.1 Å². The van der Waals surface area contributed by atoms with E-state index < -0.39 is 12.1 Å². The molecule has 2 aliphatic rings. The van der Waals surface area contributed by atoms with Gasteiger partial charge in [-0.05, 0) is 72.1 Å². The maximum absolute atomic E-state index is 10.6. The molecular weight excluding hydrogens is 633 g/mol. The van der Waals surface area contributed by atoms with Crippen molar-refractivity contribution in [1.29, 1.82) is 0 Å². The Morgan fingerprint density at radius 3 is 1.69 bits per heavy atom. The van der Waals surface area contributed by atoms with Crippen LogP contribution in [0, 0.1) is 0 Å². The number of halogens is 6. The highest BCUT2D eigenvalue weighted by atomic mass is 79.9. The van der Waals surface area contributed by atoms with Crippen LogP contribution in [0.15, 0.2) is 50.2 Å². The topological polar surface area (TPSA) is 119 Å². The van der Waals surface area contributed by atoms with Gasteiger partial charge in [0.25, 0.3) is 0 Å². The molecule has 0 saturated carbocycles. The van der Waals surface area contributed by atoms with E-state index in [4.69, 9.17) is 20.1 Å². The van der Waals surface area contributed by atoms with Gasteiger partial charge in [-0.15, -0.1) is 0 Å². The van der Waals surface area contributed by atoms with Gasteiger partial charge in [-0.1, -0.05) is 0 Å². The number of carbonyl (C=O) groups is 1. The number of anilines is 1. The summed E-state index contributed by atoms with van der Waals surface area (Å²) in [5.41, 5.74) is 0. The number of aliphatic hydroxyl groups is 2. The summed E-state index contributed by atoms with van der Waals surface area (Å²) in [4.78, 5) is 19.1. The Kier molecular flexibility index (Phi) is 12.6. The number of nitrogens with zero attached hydrogens (tertiary/aromatic N) is 3. The normalized spacial score (nSPS) is 15.4. The van der Waals surface area contributed by atoms with Gasteiger partial charge in [0.1, 0.15) is 10.4 Å². The van der Waals surface area contributed by atoms with E-state index in [9.17, 15) is 13.2 Å². The minimum Gasteiger partial charge on any atom is -0.475 e. The lowest BCUT2D eigenvalue weighted by atomic mass is 10.2. The Morgan fingerprint density at radius 2 is 1.44 bits per heavy atom. The fourth-order valence-corrected chi connectivity index (χ4v) is 2.53. The third-order valence-corrected chi connectivity index (χ3v) is 5.00. The lowest BCUT2D eigenvalue weighted by Crippen LogP contribution is -2.51. The van der Waals surface area contributed by atoms with Crippen molar-refractivity contribution >= 4 is 59.6 Å². The van der Waals surface area contributed by atoms with E-state index in [1.54, 1.807) is 12.4 Å². The lowest BCUT2D eigenvalue weighted by Gasteiger charge is -2.36. The van der Waals surface area contributed by atoms with Gasteiger partial charge in [-0.25, -0.2) is 14.8 Å². The fourth-order valence-electron chi connectivity index (χ4n) is 1.83. The molecule has 0 unspecified atom stereocenters. The Morgan fingerprint density at radius 1 is 0.969 bits per heavy atom. The van der Waals surface area contributed by atoms with Gasteiger partial charge in [0.2, 0.25) is 0 Å². The van der Waals surface area contributed by atoms with E-state index in [0.717, 1.165) is 32.5 Å². The Bertz CT molecular complexity index is 799. The van der Waals surface area contributed by atoms with Crippen molar-refractivity contribution in [2.24, 2.45) is 0 Å². The first-order valence-corrected chi connectivity index (χ1v) is 11.3. The monoisotopic (exact) mass is 650 g/mol. The predicted molar refractivity (Wildman–Crippen MR) is 122 cm³/mol. The number of pyridine rings is 2. The van der Waals surface area contributed by atoms with Crippen LogP contribution in [0.4, 0.5) is 19.0 Å². The van der Waals surface area contributed by atoms with Crippen molar-refractivity contribution in [1.82, 2.24) is 15.3 Å². The summed E-state index contributed by atoms with van der Waals surface area (Å²) in [6, 6.07) is 7.70. The number of aliphatic hydroxyl groups excluding tert-OH is 2. The van der Waals surface area contributed by atoms with Gasteiger partial charge in [0.15, 0.2) is 0 Å². The van der Waals surface area contributed by atoms with Crippen molar-refractivity contribution < 1.29 is 33.3 Å². The second-order valence-electron chi connectivity index (χ2n) is 6.31. The standard InChI is InChI=1S/C8H9BrN2O.C5H3Br2N.C3H7NO.C2HF3O2/c9-6-1-2-8(10-3-6)11-4-7(12)5-11;6-4-1-2-5(7)8-3-4;5-3-1-4-2-3;3-2(4,5)1(6)7/h1-3,7,12H,4-5H2;1-3H;3-5H,1-2H2;(H,6,7). The molecule has 2 aromatic heterocycles. The molecule has 2 saturated heterocycles. The van der Waals surface area contributed by atoms with Gasteiger partial charge in [0, 0.05) is 47.5 Å². The summed E-state index contributed by atoms with van der Waals surface area (Å²) < 4.78 is 34.6. The van der Waals surface area contributed by atoms with Crippen LogP contribution in [0.3, 0.4) is 0 Å². The number of alkyl halides is 3. The molecule has 0 aliphatic carbocycles. The zero-order valence-corrected chi connectivity index (χ0v) is 21.1. The zero-order valence-electron chi connectivity index (χ0n) is 16.3. The molecule has 32 heavy (non-hydrogen) atoms. The number of aromatic nitrogens is 2. The molecule has 0 atom stereocenters. The van der Waals surface area contributed by atoms with Gasteiger partial charge in [0.05, 0.1) is 12.2 Å². The van der Waals surface area contributed by atoms with E-state index in [1.165, 1.54) is 0 Å². The molecule has 2 aromatic rings. The molecule has 8 nitrogen and oxygen atoms in total. The second-order valence-corrected chi connectivity index (χ2v) is 8.95. The maximum atomic E-state index is 10.6. The average Bonchev–Trinajstić information content (AvgIpc) is 2.68. The molecule has 4 N–H and O–H groups in total. The number of carboxylic acids is 1. The molecule has 178 valence electrons. The summed E-state index contributed by atoms with van der Waals surface area (Å²) in [5.74, 6) is -1.82. The van der Waals surface area contributed by atoms with Crippen LogP contribution in [0.25, 0.3) is 0 Å². The molecular formula is C18H20Br3F3N4O4. The van der Waals surface area contributed by atoms with E-state index >= 15 is 0 Å². The largest absolute Gasteiger partial charge is 0.490 e. The fraction of sp³-hybridized carbons (Fsp3) is 0.389. The molecule has 2 fully saturated rings. The van der Waals surface area contributed by atoms with Crippen LogP contribution < -0.4 is 10.2 Å². The minimum absolute atomic E-state index is 0.0463. The number of carboxylic acid groups (broad SMARTS) is 1. The molecule has 0 amide bonds. The van der Waals surface area contributed by atoms with E-state index in [-0.39, 0.29) is 12.2 Å². The van der Waals surface area contributed by atoms with Crippen molar-refractivity contribution in [3.05, 3.63) is 50.2 Å². The van der Waals surface area contributed by atoms with E-state index in [1.807, 2.05) is 29.2 Å². The number of hydrogen-bond donors (Lipinski definition) is 4. The van der Waals surface area contributed by atoms with Crippen LogP contribution in [0.5, 0.6) is 0 Å². The molecule has 0 bridgehead atoms. The summed E-state index contributed by atoms with van der Waals surface area (Å²) in [6.07, 6.45) is -1.80. The summed E-state index contributed by atoms with van der Waals surface area (Å²) in [6.45, 7) is 2.99.